The highest BCUT2D eigenvalue weighted by Crippen LogP contribution is 2.34. The second kappa shape index (κ2) is 6.73. The molecule has 1 aromatic carbocycles. The minimum absolute atomic E-state index is 0.141. The molecule has 1 saturated carbocycles. The van der Waals surface area contributed by atoms with E-state index in [0.717, 1.165) is 15.7 Å². The van der Waals surface area contributed by atoms with Gasteiger partial charge in [0.25, 0.3) is 0 Å². The summed E-state index contributed by atoms with van der Waals surface area (Å²) in [6.07, 6.45) is 4.36. The van der Waals surface area contributed by atoms with Crippen LogP contribution in [0, 0.1) is 0 Å². The first-order valence-corrected chi connectivity index (χ1v) is 7.77. The van der Waals surface area contributed by atoms with Gasteiger partial charge in [-0.1, -0.05) is 34.8 Å². The number of hydrogen-bond donors (Lipinski definition) is 2. The first kappa shape index (κ1) is 14.8. The molecular formula is C15H22BrNO2. The maximum absolute atomic E-state index is 9.95. The van der Waals surface area contributed by atoms with Gasteiger partial charge in [0.15, 0.2) is 0 Å². The molecule has 106 valence electrons. The van der Waals surface area contributed by atoms with E-state index < -0.39 is 6.10 Å². The van der Waals surface area contributed by atoms with Gasteiger partial charge in [-0.3, -0.25) is 0 Å². The fourth-order valence-electron chi connectivity index (χ4n) is 2.94. The van der Waals surface area contributed by atoms with Crippen LogP contribution in [0.3, 0.4) is 0 Å². The minimum atomic E-state index is -0.495. The fourth-order valence-corrected chi connectivity index (χ4v) is 3.29. The van der Waals surface area contributed by atoms with E-state index in [4.69, 9.17) is 0 Å². The number of nitrogens with zero attached hydrogens (tertiary/aromatic N) is 1. The molecular weight excluding hydrogens is 306 g/mol. The lowest BCUT2D eigenvalue weighted by Gasteiger charge is -2.33. The topological polar surface area (TPSA) is 43.7 Å². The number of rotatable bonds is 5. The summed E-state index contributed by atoms with van der Waals surface area (Å²) in [6, 6.07) is 6.45. The molecule has 2 N–H and O–H groups in total. The van der Waals surface area contributed by atoms with Crippen LogP contribution >= 0.6 is 15.9 Å². The predicted octanol–water partition coefficient (Wildman–Crippen LogP) is 3.24. The van der Waals surface area contributed by atoms with Crippen LogP contribution in [0.2, 0.25) is 0 Å². The molecule has 0 radical (unpaired) electrons. The van der Waals surface area contributed by atoms with Gasteiger partial charge in [-0.05, 0) is 31.9 Å². The van der Waals surface area contributed by atoms with E-state index in [1.54, 1.807) is 6.92 Å². The van der Waals surface area contributed by atoms with E-state index in [1.165, 1.54) is 25.7 Å². The highest BCUT2D eigenvalue weighted by atomic mass is 79.9. The Kier molecular flexibility index (Phi) is 5.25. The average Bonchev–Trinajstić information content (AvgIpc) is 2.89. The Labute approximate surface area is 123 Å². The molecule has 1 aromatic rings. The monoisotopic (exact) mass is 327 g/mol. The van der Waals surface area contributed by atoms with Gasteiger partial charge in [-0.2, -0.15) is 0 Å². The summed E-state index contributed by atoms with van der Waals surface area (Å²) in [6.45, 7) is 2.56. The number of benzene rings is 1. The Hall–Kier alpha value is -0.580. The van der Waals surface area contributed by atoms with Crippen molar-refractivity contribution < 1.29 is 10.2 Å². The molecule has 0 aliphatic heterocycles. The van der Waals surface area contributed by atoms with Crippen molar-refractivity contribution in [1.82, 2.24) is 0 Å². The molecule has 0 aromatic heterocycles. The van der Waals surface area contributed by atoms with E-state index in [1.807, 2.05) is 12.1 Å². The van der Waals surface area contributed by atoms with Gasteiger partial charge in [-0.15, -0.1) is 0 Å². The number of anilines is 1. The number of hydrogen-bond acceptors (Lipinski definition) is 3. The van der Waals surface area contributed by atoms with Crippen molar-refractivity contribution in [2.45, 2.75) is 44.8 Å². The molecule has 2 rings (SSSR count). The van der Waals surface area contributed by atoms with Crippen LogP contribution in [0.25, 0.3) is 0 Å². The molecule has 0 heterocycles. The fraction of sp³-hybridized carbons (Fsp3) is 0.600. The van der Waals surface area contributed by atoms with Crippen molar-refractivity contribution >= 4 is 21.6 Å². The Morgan fingerprint density at radius 2 is 2.05 bits per heavy atom. The molecule has 0 spiro atoms. The lowest BCUT2D eigenvalue weighted by atomic mass is 10.0. The van der Waals surface area contributed by atoms with Gasteiger partial charge >= 0.3 is 0 Å². The molecule has 1 fully saturated rings. The SMILES string of the molecule is CC(O)c1ccc(Br)cc1N(CCO)C1CCCC1. The van der Waals surface area contributed by atoms with Crippen molar-refractivity contribution in [3.05, 3.63) is 28.2 Å². The molecule has 3 nitrogen and oxygen atoms in total. The van der Waals surface area contributed by atoms with Crippen LogP contribution in [0.5, 0.6) is 0 Å². The third-order valence-corrected chi connectivity index (χ3v) is 4.35. The predicted molar refractivity (Wildman–Crippen MR) is 81.5 cm³/mol. The number of aliphatic hydroxyl groups excluding tert-OH is 2. The maximum Gasteiger partial charge on any atom is 0.0782 e. The molecule has 19 heavy (non-hydrogen) atoms. The summed E-state index contributed by atoms with van der Waals surface area (Å²) in [4.78, 5) is 2.26. The Morgan fingerprint density at radius 1 is 1.37 bits per heavy atom. The first-order chi connectivity index (χ1) is 9.13. The minimum Gasteiger partial charge on any atom is -0.395 e. The summed E-state index contributed by atoms with van der Waals surface area (Å²) < 4.78 is 1.01. The molecule has 0 amide bonds. The second-order valence-electron chi connectivity index (χ2n) is 5.23. The zero-order valence-corrected chi connectivity index (χ0v) is 12.9. The van der Waals surface area contributed by atoms with Gasteiger partial charge in [0, 0.05) is 28.3 Å². The number of halogens is 1. The summed E-state index contributed by atoms with van der Waals surface area (Å²) in [5, 5.41) is 19.3. The van der Waals surface area contributed by atoms with Crippen LogP contribution in [-0.4, -0.2) is 29.4 Å². The summed E-state index contributed by atoms with van der Waals surface area (Å²) in [5.41, 5.74) is 1.98. The first-order valence-electron chi connectivity index (χ1n) is 6.98. The molecule has 0 saturated heterocycles. The van der Waals surface area contributed by atoms with Crippen LogP contribution < -0.4 is 4.90 Å². The molecule has 1 aliphatic rings. The second-order valence-corrected chi connectivity index (χ2v) is 6.15. The maximum atomic E-state index is 9.95. The zero-order valence-electron chi connectivity index (χ0n) is 11.3. The summed E-state index contributed by atoms with van der Waals surface area (Å²) in [5.74, 6) is 0. The largest absolute Gasteiger partial charge is 0.395 e. The standard InChI is InChI=1S/C15H22BrNO2/c1-11(19)14-7-6-12(16)10-15(14)17(8-9-18)13-4-2-3-5-13/h6-7,10-11,13,18-19H,2-5,8-9H2,1H3. The summed E-state index contributed by atoms with van der Waals surface area (Å²) >= 11 is 3.50. The van der Waals surface area contributed by atoms with Crippen molar-refractivity contribution in [3.63, 3.8) is 0 Å². The highest BCUT2D eigenvalue weighted by Gasteiger charge is 2.25. The van der Waals surface area contributed by atoms with Crippen molar-refractivity contribution in [2.24, 2.45) is 0 Å². The highest BCUT2D eigenvalue weighted by molar-refractivity contribution is 9.10. The lowest BCUT2D eigenvalue weighted by molar-refractivity contribution is 0.199. The van der Waals surface area contributed by atoms with Gasteiger partial charge in [0.1, 0.15) is 0 Å². The average molecular weight is 328 g/mol. The van der Waals surface area contributed by atoms with Gasteiger partial charge in [0.2, 0.25) is 0 Å². The molecule has 1 aliphatic carbocycles. The van der Waals surface area contributed by atoms with Gasteiger partial charge in [0.05, 0.1) is 12.7 Å². The van der Waals surface area contributed by atoms with Gasteiger partial charge in [-0.25, -0.2) is 0 Å². The normalized spacial score (nSPS) is 17.7. The van der Waals surface area contributed by atoms with Crippen LogP contribution in [0.15, 0.2) is 22.7 Å². The third-order valence-electron chi connectivity index (χ3n) is 3.86. The smallest absolute Gasteiger partial charge is 0.0782 e. The molecule has 1 atom stereocenters. The summed E-state index contributed by atoms with van der Waals surface area (Å²) in [7, 11) is 0. The van der Waals surface area contributed by atoms with E-state index in [9.17, 15) is 10.2 Å². The van der Waals surface area contributed by atoms with E-state index in [0.29, 0.717) is 12.6 Å². The molecule has 1 unspecified atom stereocenters. The van der Waals surface area contributed by atoms with Gasteiger partial charge < -0.3 is 15.1 Å². The van der Waals surface area contributed by atoms with Crippen molar-refractivity contribution in [3.8, 4) is 0 Å². The Bertz CT molecular complexity index is 417. The van der Waals surface area contributed by atoms with Crippen LogP contribution in [0.4, 0.5) is 5.69 Å². The molecule has 0 bridgehead atoms. The van der Waals surface area contributed by atoms with Crippen LogP contribution in [0.1, 0.15) is 44.3 Å². The zero-order chi connectivity index (χ0) is 13.8. The van der Waals surface area contributed by atoms with E-state index in [2.05, 4.69) is 26.9 Å². The van der Waals surface area contributed by atoms with Crippen molar-refractivity contribution in [1.29, 1.82) is 0 Å². The van der Waals surface area contributed by atoms with E-state index in [-0.39, 0.29) is 6.61 Å². The Morgan fingerprint density at radius 3 is 2.63 bits per heavy atom. The quantitative estimate of drug-likeness (QED) is 0.872. The Balaban J connectivity index is 2.36. The lowest BCUT2D eigenvalue weighted by Crippen LogP contribution is -2.36. The van der Waals surface area contributed by atoms with Crippen LogP contribution in [-0.2, 0) is 0 Å². The van der Waals surface area contributed by atoms with Crippen molar-refractivity contribution in [2.75, 3.05) is 18.1 Å². The number of aliphatic hydroxyl groups is 2. The molecule has 4 heteroatoms. The third kappa shape index (κ3) is 3.50. The van der Waals surface area contributed by atoms with E-state index >= 15 is 0 Å².